The Morgan fingerprint density at radius 2 is 2.00 bits per heavy atom. The molecule has 0 aromatic carbocycles. The van der Waals surface area contributed by atoms with Crippen molar-refractivity contribution in [3.8, 4) is 0 Å². The fourth-order valence-corrected chi connectivity index (χ4v) is 4.07. The molecule has 28 heavy (non-hydrogen) atoms. The Labute approximate surface area is 162 Å². The molecule has 3 aromatic heterocycles. The van der Waals surface area contributed by atoms with Gasteiger partial charge in [-0.3, -0.25) is 9.78 Å². The van der Waals surface area contributed by atoms with Crippen LogP contribution in [0, 0.1) is 20.8 Å². The summed E-state index contributed by atoms with van der Waals surface area (Å²) in [5.41, 5.74) is 4.60. The van der Waals surface area contributed by atoms with Crippen molar-refractivity contribution in [3.05, 3.63) is 45.0 Å². The topological polar surface area (TPSA) is 112 Å². The molecule has 0 saturated carbocycles. The second kappa shape index (κ2) is 7.21. The van der Waals surface area contributed by atoms with Crippen molar-refractivity contribution in [3.63, 3.8) is 0 Å². The number of nitrogens with zero attached hydrogens (tertiary/aromatic N) is 5. The molecule has 0 atom stereocenters. The van der Waals surface area contributed by atoms with Gasteiger partial charge < -0.3 is 4.90 Å². The fraction of sp³-hybridized carbons (Fsp3) is 0.526. The standard InChI is InChI=1S/C19H25N7O2/c1-11-10-16-20-12(2)15(13(3)26(16)24-11)4-5-17(27)25-8-6-14(7-9-25)18-21-19(28)23-22-18/h10,14H,4-9H2,1-3H3,(H2,21,22,23,28). The number of hydrogen-bond acceptors (Lipinski definition) is 5. The first-order valence-corrected chi connectivity index (χ1v) is 9.67. The fourth-order valence-electron chi connectivity index (χ4n) is 4.07. The number of hydrogen-bond donors (Lipinski definition) is 2. The number of rotatable bonds is 4. The van der Waals surface area contributed by atoms with Crippen LogP contribution in [0.4, 0.5) is 0 Å². The smallest absolute Gasteiger partial charge is 0.340 e. The molecule has 0 unspecified atom stereocenters. The number of carbonyl (C=O) groups is 1. The minimum atomic E-state index is -0.280. The molecule has 1 amide bonds. The highest BCUT2D eigenvalue weighted by atomic mass is 16.2. The van der Waals surface area contributed by atoms with Crippen LogP contribution in [0.15, 0.2) is 10.9 Å². The van der Waals surface area contributed by atoms with Gasteiger partial charge in [-0.25, -0.2) is 19.4 Å². The number of fused-ring (bicyclic) bond motifs is 1. The molecule has 2 N–H and O–H groups in total. The lowest BCUT2D eigenvalue weighted by Crippen LogP contribution is -2.38. The molecule has 4 rings (SSSR count). The molecule has 0 bridgehead atoms. The van der Waals surface area contributed by atoms with Gasteiger partial charge in [0.1, 0.15) is 5.82 Å². The van der Waals surface area contributed by atoms with Crippen LogP contribution in [0.1, 0.15) is 53.7 Å². The molecular weight excluding hydrogens is 358 g/mol. The van der Waals surface area contributed by atoms with E-state index in [1.807, 2.05) is 36.3 Å². The number of aromatic nitrogens is 6. The summed E-state index contributed by atoms with van der Waals surface area (Å²) in [7, 11) is 0. The Balaban J connectivity index is 1.38. The minimum Gasteiger partial charge on any atom is -0.343 e. The van der Waals surface area contributed by atoms with Crippen molar-refractivity contribution < 1.29 is 4.79 Å². The molecule has 0 spiro atoms. The lowest BCUT2D eigenvalue weighted by atomic mass is 9.95. The zero-order valence-electron chi connectivity index (χ0n) is 16.4. The van der Waals surface area contributed by atoms with E-state index in [0.29, 0.717) is 31.8 Å². The summed E-state index contributed by atoms with van der Waals surface area (Å²) < 4.78 is 1.86. The zero-order chi connectivity index (χ0) is 19.8. The Hall–Kier alpha value is -2.97. The maximum Gasteiger partial charge on any atom is 0.340 e. The van der Waals surface area contributed by atoms with Gasteiger partial charge >= 0.3 is 5.69 Å². The molecule has 1 saturated heterocycles. The number of aromatic amines is 2. The second-order valence-electron chi connectivity index (χ2n) is 7.53. The maximum atomic E-state index is 12.7. The number of amides is 1. The van der Waals surface area contributed by atoms with Crippen LogP contribution in [0.3, 0.4) is 0 Å². The van der Waals surface area contributed by atoms with E-state index < -0.39 is 0 Å². The van der Waals surface area contributed by atoms with Crippen LogP contribution >= 0.6 is 0 Å². The molecule has 0 radical (unpaired) electrons. The number of H-pyrrole nitrogens is 2. The van der Waals surface area contributed by atoms with Gasteiger partial charge in [-0.15, -0.1) is 0 Å². The highest BCUT2D eigenvalue weighted by Gasteiger charge is 2.26. The molecule has 0 aliphatic carbocycles. The number of aryl methyl sites for hydroxylation is 3. The number of piperidine rings is 1. The van der Waals surface area contributed by atoms with Crippen molar-refractivity contribution >= 4 is 11.6 Å². The predicted octanol–water partition coefficient (Wildman–Crippen LogP) is 1.40. The van der Waals surface area contributed by atoms with Crippen LogP contribution in [0.5, 0.6) is 0 Å². The van der Waals surface area contributed by atoms with Crippen molar-refractivity contribution in [2.45, 2.75) is 52.4 Å². The SMILES string of the molecule is Cc1cc2nc(C)c(CCC(=O)N3CCC(c4n[nH]c(=O)[nH]4)CC3)c(C)n2n1. The van der Waals surface area contributed by atoms with E-state index in [1.54, 1.807) is 0 Å². The van der Waals surface area contributed by atoms with Crippen molar-refractivity contribution in [2.24, 2.45) is 0 Å². The molecule has 1 aliphatic rings. The summed E-state index contributed by atoms with van der Waals surface area (Å²) in [6, 6.07) is 1.96. The Morgan fingerprint density at radius 3 is 2.68 bits per heavy atom. The number of nitrogens with one attached hydrogen (secondary N) is 2. The van der Waals surface area contributed by atoms with E-state index in [1.165, 1.54) is 0 Å². The molecule has 1 fully saturated rings. The second-order valence-corrected chi connectivity index (χ2v) is 7.53. The highest BCUT2D eigenvalue weighted by molar-refractivity contribution is 5.76. The number of carbonyl (C=O) groups excluding carboxylic acids is 1. The summed E-state index contributed by atoms with van der Waals surface area (Å²) in [6.07, 6.45) is 2.74. The van der Waals surface area contributed by atoms with Gasteiger partial charge in [-0.2, -0.15) is 10.2 Å². The summed E-state index contributed by atoms with van der Waals surface area (Å²) >= 11 is 0. The Kier molecular flexibility index (Phi) is 4.74. The monoisotopic (exact) mass is 383 g/mol. The molecule has 1 aliphatic heterocycles. The Bertz CT molecular complexity index is 1070. The van der Waals surface area contributed by atoms with Gasteiger partial charge in [0.15, 0.2) is 5.65 Å². The largest absolute Gasteiger partial charge is 0.343 e. The first-order chi connectivity index (χ1) is 13.4. The summed E-state index contributed by atoms with van der Waals surface area (Å²) in [5.74, 6) is 1.05. The highest BCUT2D eigenvalue weighted by Crippen LogP contribution is 2.25. The van der Waals surface area contributed by atoms with Gasteiger partial charge in [0.05, 0.1) is 5.69 Å². The molecule has 4 heterocycles. The van der Waals surface area contributed by atoms with Crippen LogP contribution in [0.25, 0.3) is 5.65 Å². The third-order valence-electron chi connectivity index (χ3n) is 5.63. The third-order valence-corrected chi connectivity index (χ3v) is 5.63. The molecule has 9 nitrogen and oxygen atoms in total. The molecule has 3 aromatic rings. The van der Waals surface area contributed by atoms with E-state index in [2.05, 4.69) is 25.3 Å². The van der Waals surface area contributed by atoms with Gasteiger partial charge in [-0.05, 0) is 45.6 Å². The first-order valence-electron chi connectivity index (χ1n) is 9.67. The molecular formula is C19H25N7O2. The third kappa shape index (κ3) is 3.44. The van der Waals surface area contributed by atoms with E-state index in [9.17, 15) is 9.59 Å². The van der Waals surface area contributed by atoms with Gasteiger partial charge in [0.25, 0.3) is 0 Å². The van der Waals surface area contributed by atoms with Crippen LogP contribution in [-0.2, 0) is 11.2 Å². The molecule has 9 heteroatoms. The van der Waals surface area contributed by atoms with Crippen LogP contribution < -0.4 is 5.69 Å². The number of likely N-dealkylation sites (tertiary alicyclic amines) is 1. The summed E-state index contributed by atoms with van der Waals surface area (Å²) in [5, 5.41) is 10.9. The predicted molar refractivity (Wildman–Crippen MR) is 103 cm³/mol. The summed E-state index contributed by atoms with van der Waals surface area (Å²) in [4.78, 5) is 33.2. The molecule has 148 valence electrons. The van der Waals surface area contributed by atoms with Crippen molar-refractivity contribution in [1.82, 2.24) is 34.7 Å². The lowest BCUT2D eigenvalue weighted by molar-refractivity contribution is -0.132. The quantitative estimate of drug-likeness (QED) is 0.707. The average Bonchev–Trinajstić information content (AvgIpc) is 3.26. The van der Waals surface area contributed by atoms with E-state index in [0.717, 1.165) is 41.1 Å². The van der Waals surface area contributed by atoms with Crippen LogP contribution in [0.2, 0.25) is 0 Å². The lowest BCUT2D eigenvalue weighted by Gasteiger charge is -2.31. The summed E-state index contributed by atoms with van der Waals surface area (Å²) in [6.45, 7) is 7.35. The van der Waals surface area contributed by atoms with Gasteiger partial charge in [0.2, 0.25) is 5.91 Å². The van der Waals surface area contributed by atoms with Crippen molar-refractivity contribution in [2.75, 3.05) is 13.1 Å². The van der Waals surface area contributed by atoms with E-state index in [4.69, 9.17) is 0 Å². The Morgan fingerprint density at radius 1 is 1.25 bits per heavy atom. The van der Waals surface area contributed by atoms with Crippen LogP contribution in [-0.4, -0.2) is 53.7 Å². The first kappa shape index (κ1) is 18.4. The minimum absolute atomic E-state index is 0.157. The maximum absolute atomic E-state index is 12.7. The van der Waals surface area contributed by atoms with Gasteiger partial charge in [0, 0.05) is 42.9 Å². The van der Waals surface area contributed by atoms with E-state index in [-0.39, 0.29) is 17.5 Å². The zero-order valence-corrected chi connectivity index (χ0v) is 16.4. The normalized spacial score (nSPS) is 15.5. The van der Waals surface area contributed by atoms with Crippen molar-refractivity contribution in [1.29, 1.82) is 0 Å². The van der Waals surface area contributed by atoms with Gasteiger partial charge in [-0.1, -0.05) is 0 Å². The van der Waals surface area contributed by atoms with E-state index >= 15 is 0 Å². The average molecular weight is 383 g/mol.